The molecule has 104 valence electrons. The van der Waals surface area contributed by atoms with Gasteiger partial charge in [-0.1, -0.05) is 26.1 Å². The summed E-state index contributed by atoms with van der Waals surface area (Å²) in [6.07, 6.45) is 0. The summed E-state index contributed by atoms with van der Waals surface area (Å²) in [5.74, 6) is 0.342. The number of carbonyl (C=O) groups excluding carboxylic acids is 1. The third-order valence-electron chi connectivity index (χ3n) is 2.31. The zero-order valence-electron chi connectivity index (χ0n) is 11.4. The molecule has 0 bridgehead atoms. The van der Waals surface area contributed by atoms with Gasteiger partial charge in [0, 0.05) is 12.2 Å². The van der Waals surface area contributed by atoms with Crippen LogP contribution in [0.25, 0.3) is 0 Å². The highest BCUT2D eigenvalue weighted by atomic mass is 32.1. The Morgan fingerprint density at radius 2 is 2.05 bits per heavy atom. The van der Waals surface area contributed by atoms with E-state index in [1.54, 1.807) is 11.0 Å². The van der Waals surface area contributed by atoms with E-state index in [0.717, 1.165) is 5.69 Å². The number of hydrogen-bond donors (Lipinski definition) is 2. The van der Waals surface area contributed by atoms with E-state index in [1.807, 2.05) is 20.8 Å². The van der Waals surface area contributed by atoms with Gasteiger partial charge in [-0.15, -0.1) is 0 Å². The lowest BCUT2D eigenvalue weighted by molar-refractivity contribution is -0.116. The Morgan fingerprint density at radius 3 is 2.53 bits per heavy atom. The number of amides is 1. The highest BCUT2D eigenvalue weighted by molar-refractivity contribution is 7.80. The van der Waals surface area contributed by atoms with Crippen LogP contribution >= 0.6 is 12.2 Å². The second kappa shape index (κ2) is 6.42. The topological polar surface area (TPSA) is 98.1 Å². The first kappa shape index (κ1) is 15.3. The first-order chi connectivity index (χ1) is 8.79. The maximum absolute atomic E-state index is 11.1. The zero-order valence-corrected chi connectivity index (χ0v) is 12.2. The van der Waals surface area contributed by atoms with E-state index < -0.39 is 5.91 Å². The van der Waals surface area contributed by atoms with Crippen LogP contribution in [0, 0.1) is 12.8 Å². The molecule has 0 spiro atoms. The Hall–Kier alpha value is -1.76. The Balaban J connectivity index is 3.13. The molecule has 19 heavy (non-hydrogen) atoms. The van der Waals surface area contributed by atoms with Gasteiger partial charge in [0.25, 0.3) is 0 Å². The molecule has 1 aromatic heterocycles. The van der Waals surface area contributed by atoms with Gasteiger partial charge in [0.15, 0.2) is 0 Å². The predicted octanol–water partition coefficient (Wildman–Crippen LogP) is 0.367. The molecule has 1 heterocycles. The average molecular weight is 281 g/mol. The second-order valence-corrected chi connectivity index (χ2v) is 5.24. The van der Waals surface area contributed by atoms with Crippen LogP contribution < -0.4 is 16.4 Å². The molecule has 0 aliphatic carbocycles. The van der Waals surface area contributed by atoms with E-state index in [-0.39, 0.29) is 11.5 Å². The molecular formula is C12H19N5OS. The van der Waals surface area contributed by atoms with Crippen molar-refractivity contribution in [3.05, 3.63) is 17.5 Å². The quantitative estimate of drug-likeness (QED) is 0.731. The molecule has 6 nitrogen and oxygen atoms in total. The third kappa shape index (κ3) is 4.78. The molecule has 1 aromatic rings. The minimum atomic E-state index is -0.428. The fraction of sp³-hybridized carbons (Fsp3) is 0.500. The molecular weight excluding hydrogens is 262 g/mol. The summed E-state index contributed by atoms with van der Waals surface area (Å²) in [4.78, 5) is 21.7. The van der Waals surface area contributed by atoms with Crippen LogP contribution in [-0.2, 0) is 4.79 Å². The zero-order chi connectivity index (χ0) is 14.6. The van der Waals surface area contributed by atoms with Crippen LogP contribution in [0.4, 0.5) is 5.95 Å². The van der Waals surface area contributed by atoms with Crippen molar-refractivity contribution in [3.63, 3.8) is 0 Å². The summed E-state index contributed by atoms with van der Waals surface area (Å²) < 4.78 is 0. The van der Waals surface area contributed by atoms with Gasteiger partial charge in [0.05, 0.1) is 6.54 Å². The Morgan fingerprint density at radius 1 is 1.42 bits per heavy atom. The summed E-state index contributed by atoms with van der Waals surface area (Å²) in [5.41, 5.74) is 12.1. The number of hydrogen-bond acceptors (Lipinski definition) is 5. The molecule has 0 fully saturated rings. The summed E-state index contributed by atoms with van der Waals surface area (Å²) in [6.45, 7) is 6.60. The van der Waals surface area contributed by atoms with E-state index >= 15 is 0 Å². The fourth-order valence-electron chi connectivity index (χ4n) is 1.67. The van der Waals surface area contributed by atoms with E-state index in [1.165, 1.54) is 0 Å². The summed E-state index contributed by atoms with van der Waals surface area (Å²) in [7, 11) is 0. The van der Waals surface area contributed by atoms with Crippen molar-refractivity contribution in [2.45, 2.75) is 20.8 Å². The number of carbonyl (C=O) groups is 1. The fourth-order valence-corrected chi connectivity index (χ4v) is 1.77. The Kier molecular flexibility index (Phi) is 5.17. The molecule has 1 amide bonds. The number of primary amides is 1. The van der Waals surface area contributed by atoms with E-state index in [4.69, 9.17) is 23.7 Å². The molecule has 0 unspecified atom stereocenters. The molecule has 0 aromatic carbocycles. The van der Waals surface area contributed by atoms with Gasteiger partial charge in [-0.2, -0.15) is 0 Å². The number of thiocarbonyl (C=S) groups is 1. The van der Waals surface area contributed by atoms with Gasteiger partial charge < -0.3 is 16.4 Å². The van der Waals surface area contributed by atoms with Crippen molar-refractivity contribution in [2.24, 2.45) is 17.4 Å². The number of aryl methyl sites for hydroxylation is 1. The number of nitrogens with two attached hydrogens (primary N) is 2. The number of nitrogens with zero attached hydrogens (tertiary/aromatic N) is 3. The van der Waals surface area contributed by atoms with Gasteiger partial charge in [0.2, 0.25) is 11.9 Å². The lowest BCUT2D eigenvalue weighted by Gasteiger charge is -2.23. The Bertz CT molecular complexity index is 489. The van der Waals surface area contributed by atoms with Gasteiger partial charge in [-0.25, -0.2) is 9.97 Å². The van der Waals surface area contributed by atoms with Crippen LogP contribution in [0.2, 0.25) is 0 Å². The largest absolute Gasteiger partial charge is 0.388 e. The van der Waals surface area contributed by atoms with Crippen LogP contribution in [0.15, 0.2) is 6.07 Å². The van der Waals surface area contributed by atoms with Crippen molar-refractivity contribution in [1.29, 1.82) is 0 Å². The lowest BCUT2D eigenvalue weighted by atomic mass is 10.2. The minimum Gasteiger partial charge on any atom is -0.388 e. The molecule has 0 atom stereocenters. The first-order valence-corrected chi connectivity index (χ1v) is 6.39. The van der Waals surface area contributed by atoms with Gasteiger partial charge in [-0.05, 0) is 18.9 Å². The SMILES string of the molecule is Cc1cc(C(N)=S)nc(N(CC(N)=O)CC(C)C)n1. The van der Waals surface area contributed by atoms with Crippen LogP contribution in [0.1, 0.15) is 25.2 Å². The summed E-state index contributed by atoms with van der Waals surface area (Å²) >= 11 is 4.92. The molecule has 7 heteroatoms. The molecule has 0 saturated heterocycles. The molecule has 1 rings (SSSR count). The van der Waals surface area contributed by atoms with Crippen molar-refractivity contribution in [2.75, 3.05) is 18.0 Å². The molecule has 0 aliphatic rings. The third-order valence-corrected chi connectivity index (χ3v) is 2.52. The van der Waals surface area contributed by atoms with Gasteiger partial charge >= 0.3 is 0 Å². The van der Waals surface area contributed by atoms with E-state index in [9.17, 15) is 4.79 Å². The molecule has 4 N–H and O–H groups in total. The molecule has 0 aliphatic heterocycles. The minimum absolute atomic E-state index is 0.0679. The summed E-state index contributed by atoms with van der Waals surface area (Å²) in [5, 5.41) is 0. The van der Waals surface area contributed by atoms with E-state index in [0.29, 0.717) is 24.1 Å². The highest BCUT2D eigenvalue weighted by Crippen LogP contribution is 2.12. The average Bonchev–Trinajstić information content (AvgIpc) is 2.25. The normalized spacial score (nSPS) is 10.5. The number of anilines is 1. The maximum atomic E-state index is 11.1. The standard InChI is InChI=1S/C12H19N5OS/c1-7(2)5-17(6-10(13)18)12-15-8(3)4-9(16-12)11(14)19/h4,7H,5-6H2,1-3H3,(H2,13,18)(H2,14,19). The molecule has 0 radical (unpaired) electrons. The lowest BCUT2D eigenvalue weighted by Crippen LogP contribution is -2.37. The first-order valence-electron chi connectivity index (χ1n) is 5.98. The van der Waals surface area contributed by atoms with Gasteiger partial charge in [0.1, 0.15) is 10.7 Å². The van der Waals surface area contributed by atoms with Crippen molar-refractivity contribution in [1.82, 2.24) is 9.97 Å². The van der Waals surface area contributed by atoms with Crippen LogP contribution in [0.3, 0.4) is 0 Å². The van der Waals surface area contributed by atoms with Crippen molar-refractivity contribution >= 4 is 29.1 Å². The smallest absolute Gasteiger partial charge is 0.237 e. The second-order valence-electron chi connectivity index (χ2n) is 4.80. The molecule has 0 saturated carbocycles. The van der Waals surface area contributed by atoms with E-state index in [2.05, 4.69) is 9.97 Å². The maximum Gasteiger partial charge on any atom is 0.237 e. The number of rotatable bonds is 6. The Labute approximate surface area is 118 Å². The van der Waals surface area contributed by atoms with Crippen molar-refractivity contribution < 1.29 is 4.79 Å². The van der Waals surface area contributed by atoms with Crippen LogP contribution in [-0.4, -0.2) is 34.0 Å². The number of aromatic nitrogens is 2. The summed E-state index contributed by atoms with van der Waals surface area (Å²) in [6, 6.07) is 1.71. The highest BCUT2D eigenvalue weighted by Gasteiger charge is 2.15. The van der Waals surface area contributed by atoms with Gasteiger partial charge in [-0.3, -0.25) is 4.79 Å². The monoisotopic (exact) mass is 281 g/mol. The van der Waals surface area contributed by atoms with Crippen molar-refractivity contribution in [3.8, 4) is 0 Å². The predicted molar refractivity (Wildman–Crippen MR) is 78.9 cm³/mol. The van der Waals surface area contributed by atoms with Crippen LogP contribution in [0.5, 0.6) is 0 Å².